The van der Waals surface area contributed by atoms with E-state index in [9.17, 15) is 17.2 Å². The maximum atomic E-state index is 13.0. The maximum absolute atomic E-state index is 13.0. The summed E-state index contributed by atoms with van der Waals surface area (Å²) in [6.45, 7) is 0. The molecule has 0 aliphatic heterocycles. The zero-order valence-corrected chi connectivity index (χ0v) is 10.8. The Kier molecular flexibility index (Phi) is 3.68. The highest BCUT2D eigenvalue weighted by molar-refractivity contribution is 7.92. The summed E-state index contributed by atoms with van der Waals surface area (Å²) in [4.78, 5) is 3.30. The Labute approximate surface area is 113 Å². The van der Waals surface area contributed by atoms with Gasteiger partial charge in [-0.1, -0.05) is 11.6 Å². The first-order chi connectivity index (χ1) is 8.88. The first-order valence-electron chi connectivity index (χ1n) is 4.98. The molecule has 0 atom stereocenters. The van der Waals surface area contributed by atoms with Crippen LogP contribution in [0.2, 0.25) is 5.15 Å². The van der Waals surface area contributed by atoms with E-state index in [1.807, 2.05) is 0 Å². The van der Waals surface area contributed by atoms with E-state index in [1.54, 1.807) is 0 Å². The minimum Gasteiger partial charge on any atom is -0.279 e. The lowest BCUT2D eigenvalue weighted by Crippen LogP contribution is -2.13. The predicted molar refractivity (Wildman–Crippen MR) is 66.4 cm³/mol. The molecule has 0 aliphatic rings. The number of nitrogens with zero attached hydrogens (tertiary/aromatic N) is 1. The van der Waals surface area contributed by atoms with Crippen LogP contribution in [0.5, 0.6) is 0 Å². The van der Waals surface area contributed by atoms with E-state index in [2.05, 4.69) is 9.71 Å². The van der Waals surface area contributed by atoms with Crippen LogP contribution in [-0.4, -0.2) is 13.4 Å². The molecule has 1 aromatic carbocycles. The average molecular weight is 305 g/mol. The summed E-state index contributed by atoms with van der Waals surface area (Å²) >= 11 is 5.61. The highest BCUT2D eigenvalue weighted by atomic mass is 35.5. The monoisotopic (exact) mass is 304 g/mol. The quantitative estimate of drug-likeness (QED) is 0.887. The van der Waals surface area contributed by atoms with Crippen LogP contribution in [0, 0.1) is 11.6 Å². The van der Waals surface area contributed by atoms with E-state index in [1.165, 1.54) is 18.3 Å². The van der Waals surface area contributed by atoms with Gasteiger partial charge in [0.05, 0.1) is 10.6 Å². The molecule has 0 bridgehead atoms. The first kappa shape index (κ1) is 13.7. The van der Waals surface area contributed by atoms with E-state index in [0.717, 1.165) is 12.1 Å². The zero-order chi connectivity index (χ0) is 14.0. The Morgan fingerprint density at radius 2 is 1.84 bits per heavy atom. The van der Waals surface area contributed by atoms with Gasteiger partial charge in [0.1, 0.15) is 5.15 Å². The van der Waals surface area contributed by atoms with Crippen molar-refractivity contribution >= 4 is 27.3 Å². The maximum Gasteiger partial charge on any atom is 0.262 e. The molecule has 1 aromatic heterocycles. The second kappa shape index (κ2) is 5.10. The number of halogens is 3. The van der Waals surface area contributed by atoms with Crippen LogP contribution in [0.15, 0.2) is 41.4 Å². The van der Waals surface area contributed by atoms with E-state index >= 15 is 0 Å². The van der Waals surface area contributed by atoms with Crippen LogP contribution in [0.4, 0.5) is 14.5 Å². The molecule has 100 valence electrons. The highest BCUT2D eigenvalue weighted by Gasteiger charge is 2.16. The Hall–Kier alpha value is -1.73. The van der Waals surface area contributed by atoms with Crippen LogP contribution in [-0.2, 0) is 10.0 Å². The molecule has 2 aromatic rings. The van der Waals surface area contributed by atoms with Crippen LogP contribution in [0.25, 0.3) is 0 Å². The number of rotatable bonds is 3. The SMILES string of the molecule is O=S(=O)(Nc1ccnc(Cl)c1)c1ccc(F)c(F)c1. The Morgan fingerprint density at radius 3 is 2.47 bits per heavy atom. The van der Waals surface area contributed by atoms with Gasteiger partial charge in [-0.2, -0.15) is 0 Å². The average Bonchev–Trinajstić information content (AvgIpc) is 2.32. The van der Waals surface area contributed by atoms with Gasteiger partial charge in [0.2, 0.25) is 0 Å². The van der Waals surface area contributed by atoms with Crippen LogP contribution in [0.1, 0.15) is 0 Å². The molecule has 4 nitrogen and oxygen atoms in total. The lowest BCUT2D eigenvalue weighted by Gasteiger charge is -2.08. The Balaban J connectivity index is 2.35. The van der Waals surface area contributed by atoms with Gasteiger partial charge in [-0.3, -0.25) is 4.72 Å². The molecule has 0 saturated heterocycles. The predicted octanol–water partition coefficient (Wildman–Crippen LogP) is 2.81. The molecule has 0 fully saturated rings. The van der Waals surface area contributed by atoms with Crippen molar-refractivity contribution in [3.05, 3.63) is 53.3 Å². The number of benzene rings is 1. The molecule has 8 heteroatoms. The Bertz CT molecular complexity index is 722. The van der Waals surface area contributed by atoms with Gasteiger partial charge >= 0.3 is 0 Å². The second-order valence-electron chi connectivity index (χ2n) is 3.55. The van der Waals surface area contributed by atoms with Crippen molar-refractivity contribution in [2.45, 2.75) is 4.90 Å². The summed E-state index contributed by atoms with van der Waals surface area (Å²) in [6, 6.07) is 4.97. The Morgan fingerprint density at radius 1 is 1.11 bits per heavy atom. The molecule has 19 heavy (non-hydrogen) atoms. The number of nitrogens with one attached hydrogen (secondary N) is 1. The summed E-state index contributed by atoms with van der Waals surface area (Å²) in [7, 11) is -4.01. The molecule has 2 rings (SSSR count). The smallest absolute Gasteiger partial charge is 0.262 e. The van der Waals surface area contributed by atoms with Gasteiger partial charge in [0.15, 0.2) is 11.6 Å². The zero-order valence-electron chi connectivity index (χ0n) is 9.27. The van der Waals surface area contributed by atoms with Gasteiger partial charge in [-0.25, -0.2) is 22.2 Å². The summed E-state index contributed by atoms with van der Waals surface area (Å²) in [5.41, 5.74) is 0.171. The van der Waals surface area contributed by atoms with Crippen molar-refractivity contribution in [3.8, 4) is 0 Å². The fraction of sp³-hybridized carbons (Fsp3) is 0. The second-order valence-corrected chi connectivity index (χ2v) is 5.62. The van der Waals surface area contributed by atoms with Crippen molar-refractivity contribution in [2.24, 2.45) is 0 Å². The van der Waals surface area contributed by atoms with E-state index in [4.69, 9.17) is 11.6 Å². The van der Waals surface area contributed by atoms with Gasteiger partial charge in [-0.05, 0) is 30.3 Å². The third-order valence-corrected chi connectivity index (χ3v) is 3.77. The number of anilines is 1. The minimum absolute atomic E-state index is 0.102. The number of aromatic nitrogens is 1. The lowest BCUT2D eigenvalue weighted by atomic mass is 10.3. The number of hydrogen-bond acceptors (Lipinski definition) is 3. The molecule has 1 N–H and O–H groups in total. The number of hydrogen-bond donors (Lipinski definition) is 1. The molecule has 0 radical (unpaired) electrons. The normalized spacial score (nSPS) is 11.3. The third kappa shape index (κ3) is 3.18. The van der Waals surface area contributed by atoms with Crippen molar-refractivity contribution in [1.82, 2.24) is 4.98 Å². The summed E-state index contributed by atoms with van der Waals surface area (Å²) in [5, 5.41) is 0.102. The molecule has 0 spiro atoms. The minimum atomic E-state index is -4.01. The van der Waals surface area contributed by atoms with Crippen molar-refractivity contribution in [3.63, 3.8) is 0 Å². The number of pyridine rings is 1. The molecule has 0 unspecified atom stereocenters. The van der Waals surface area contributed by atoms with Crippen LogP contribution >= 0.6 is 11.6 Å². The molecule has 0 aliphatic carbocycles. The van der Waals surface area contributed by atoms with Crippen molar-refractivity contribution < 1.29 is 17.2 Å². The van der Waals surface area contributed by atoms with E-state index < -0.39 is 21.7 Å². The van der Waals surface area contributed by atoms with Gasteiger partial charge < -0.3 is 0 Å². The first-order valence-corrected chi connectivity index (χ1v) is 6.84. The topological polar surface area (TPSA) is 59.1 Å². The summed E-state index contributed by atoms with van der Waals surface area (Å²) in [6.07, 6.45) is 1.31. The van der Waals surface area contributed by atoms with Gasteiger partial charge in [0, 0.05) is 6.20 Å². The van der Waals surface area contributed by atoms with Gasteiger partial charge in [0.25, 0.3) is 10.0 Å². The highest BCUT2D eigenvalue weighted by Crippen LogP contribution is 2.19. The van der Waals surface area contributed by atoms with E-state index in [0.29, 0.717) is 6.07 Å². The molecule has 0 amide bonds. The van der Waals surface area contributed by atoms with Crippen LogP contribution < -0.4 is 4.72 Å². The third-order valence-electron chi connectivity index (χ3n) is 2.18. The fourth-order valence-corrected chi connectivity index (χ4v) is 2.56. The molecular weight excluding hydrogens is 298 g/mol. The standard InChI is InChI=1S/C11H7ClF2N2O2S/c12-11-5-7(3-4-15-11)16-19(17,18)8-1-2-9(13)10(14)6-8/h1-6H,(H,15,16). The molecule has 0 saturated carbocycles. The van der Waals surface area contributed by atoms with Crippen molar-refractivity contribution in [1.29, 1.82) is 0 Å². The summed E-state index contributed by atoms with van der Waals surface area (Å²) in [5.74, 6) is -2.36. The largest absolute Gasteiger partial charge is 0.279 e. The lowest BCUT2D eigenvalue weighted by molar-refractivity contribution is 0.504. The van der Waals surface area contributed by atoms with E-state index in [-0.39, 0.29) is 15.7 Å². The fourth-order valence-electron chi connectivity index (χ4n) is 1.32. The molecular formula is C11H7ClF2N2O2S. The van der Waals surface area contributed by atoms with Gasteiger partial charge in [-0.15, -0.1) is 0 Å². The van der Waals surface area contributed by atoms with Crippen LogP contribution in [0.3, 0.4) is 0 Å². The summed E-state index contributed by atoms with van der Waals surface area (Å²) < 4.78 is 51.8. The molecule has 1 heterocycles. The number of sulfonamides is 1. The van der Waals surface area contributed by atoms with Crippen molar-refractivity contribution in [2.75, 3.05) is 4.72 Å².